The minimum Gasteiger partial charge on any atom is -0.342 e. The van der Waals surface area contributed by atoms with Gasteiger partial charge in [0, 0.05) is 18.5 Å². The van der Waals surface area contributed by atoms with Crippen molar-refractivity contribution < 1.29 is 4.79 Å². The van der Waals surface area contributed by atoms with Gasteiger partial charge in [-0.15, -0.1) is 0 Å². The summed E-state index contributed by atoms with van der Waals surface area (Å²) in [6, 6.07) is 13.7. The summed E-state index contributed by atoms with van der Waals surface area (Å²) in [5.74, 6) is 0.580. The average molecular weight is 292 g/mol. The summed E-state index contributed by atoms with van der Waals surface area (Å²) in [5.41, 5.74) is 3.28. The minimum atomic E-state index is -0.153. The van der Waals surface area contributed by atoms with Crippen LogP contribution in [0.4, 0.5) is 0 Å². The zero-order valence-corrected chi connectivity index (χ0v) is 12.7. The fraction of sp³-hybridized carbons (Fsp3) is 0.263. The molecule has 0 radical (unpaired) electrons. The van der Waals surface area contributed by atoms with E-state index in [0.717, 1.165) is 11.1 Å². The van der Waals surface area contributed by atoms with Crippen molar-refractivity contribution in [3.05, 3.63) is 77.6 Å². The topological polar surface area (TPSA) is 42.0 Å². The number of nitrogens with one attached hydrogen (secondary N) is 1. The molecule has 0 aliphatic heterocycles. The molecule has 1 aliphatic carbocycles. The standard InChI is InChI=1S/C19H20N2O/c1-14(15-7-8-15)13-18(22)21-19(16-5-3-2-4-6-16)17-9-11-20-12-10-17/h2-6,9-13,15,19H,7-8H2,1H3,(H,21,22)/b14-13-/t19-/m1/s1. The predicted molar refractivity (Wildman–Crippen MR) is 87.1 cm³/mol. The van der Waals surface area contributed by atoms with Crippen LogP contribution < -0.4 is 5.32 Å². The number of benzene rings is 1. The summed E-state index contributed by atoms with van der Waals surface area (Å²) in [7, 11) is 0. The zero-order chi connectivity index (χ0) is 15.4. The van der Waals surface area contributed by atoms with Gasteiger partial charge in [0.15, 0.2) is 0 Å². The monoisotopic (exact) mass is 292 g/mol. The first-order valence-corrected chi connectivity index (χ1v) is 7.67. The van der Waals surface area contributed by atoms with Crippen molar-refractivity contribution in [3.8, 4) is 0 Å². The van der Waals surface area contributed by atoms with Gasteiger partial charge in [0.1, 0.15) is 0 Å². The van der Waals surface area contributed by atoms with E-state index in [-0.39, 0.29) is 11.9 Å². The molecule has 1 aliphatic rings. The molecule has 0 spiro atoms. The molecule has 22 heavy (non-hydrogen) atoms. The van der Waals surface area contributed by atoms with Crippen LogP contribution in [0.1, 0.15) is 36.9 Å². The average Bonchev–Trinajstić information content (AvgIpc) is 3.39. The molecule has 0 saturated heterocycles. The molecular formula is C19H20N2O. The summed E-state index contributed by atoms with van der Waals surface area (Å²) in [4.78, 5) is 16.4. The number of hydrogen-bond acceptors (Lipinski definition) is 2. The van der Waals surface area contributed by atoms with E-state index in [4.69, 9.17) is 0 Å². The Bertz CT molecular complexity index is 621. The van der Waals surface area contributed by atoms with Crippen molar-refractivity contribution in [2.75, 3.05) is 0 Å². The highest BCUT2D eigenvalue weighted by atomic mass is 16.1. The van der Waals surface area contributed by atoms with E-state index in [1.807, 2.05) is 49.4 Å². The van der Waals surface area contributed by atoms with Crippen molar-refractivity contribution in [3.63, 3.8) is 0 Å². The van der Waals surface area contributed by atoms with Gasteiger partial charge in [-0.05, 0) is 48.9 Å². The van der Waals surface area contributed by atoms with Crippen LogP contribution in [0, 0.1) is 5.92 Å². The van der Waals surface area contributed by atoms with Gasteiger partial charge >= 0.3 is 0 Å². The fourth-order valence-corrected chi connectivity index (χ4v) is 2.61. The molecule has 1 fully saturated rings. The Balaban J connectivity index is 1.83. The van der Waals surface area contributed by atoms with Crippen molar-refractivity contribution in [2.45, 2.75) is 25.8 Å². The summed E-state index contributed by atoms with van der Waals surface area (Å²) in [5, 5.41) is 3.12. The number of rotatable bonds is 5. The highest BCUT2D eigenvalue weighted by molar-refractivity contribution is 5.89. The molecule has 0 bridgehead atoms. The number of carbonyl (C=O) groups is 1. The molecule has 1 heterocycles. The van der Waals surface area contributed by atoms with Crippen LogP contribution >= 0.6 is 0 Å². The molecule has 3 heteroatoms. The molecule has 1 atom stereocenters. The molecule has 3 nitrogen and oxygen atoms in total. The van der Waals surface area contributed by atoms with Crippen LogP contribution in [0.15, 0.2) is 66.5 Å². The molecule has 1 aromatic carbocycles. The Labute approximate surface area is 131 Å². The van der Waals surface area contributed by atoms with Gasteiger partial charge in [-0.1, -0.05) is 35.9 Å². The Morgan fingerprint density at radius 2 is 1.77 bits per heavy atom. The normalized spacial score (nSPS) is 16.1. The Kier molecular flexibility index (Phi) is 4.33. The molecule has 2 aromatic rings. The number of allylic oxidation sites excluding steroid dienone is 1. The van der Waals surface area contributed by atoms with Crippen molar-refractivity contribution in [1.29, 1.82) is 0 Å². The van der Waals surface area contributed by atoms with E-state index in [1.54, 1.807) is 18.5 Å². The Morgan fingerprint density at radius 3 is 2.41 bits per heavy atom. The maximum Gasteiger partial charge on any atom is 0.244 e. The maximum atomic E-state index is 12.3. The van der Waals surface area contributed by atoms with Crippen LogP contribution in [0.5, 0.6) is 0 Å². The van der Waals surface area contributed by atoms with Gasteiger partial charge in [-0.2, -0.15) is 0 Å². The molecular weight excluding hydrogens is 272 g/mol. The van der Waals surface area contributed by atoms with Crippen molar-refractivity contribution in [2.24, 2.45) is 5.92 Å². The van der Waals surface area contributed by atoms with Crippen LogP contribution in [0.3, 0.4) is 0 Å². The first-order valence-electron chi connectivity index (χ1n) is 7.67. The molecule has 1 aromatic heterocycles. The maximum absolute atomic E-state index is 12.3. The summed E-state index contributed by atoms with van der Waals surface area (Å²) in [6.07, 6.45) is 7.67. The highest BCUT2D eigenvalue weighted by Crippen LogP contribution is 2.35. The predicted octanol–water partition coefficient (Wildman–Crippen LogP) is 3.64. The SMILES string of the molecule is C/C(=C/C(=O)N[C@H](c1ccccc1)c1ccncc1)C1CC1. The lowest BCUT2D eigenvalue weighted by Crippen LogP contribution is -2.28. The van der Waals surface area contributed by atoms with E-state index in [1.165, 1.54) is 18.4 Å². The third-order valence-corrected chi connectivity index (χ3v) is 4.04. The Morgan fingerprint density at radius 1 is 1.14 bits per heavy atom. The molecule has 112 valence electrons. The lowest BCUT2D eigenvalue weighted by Gasteiger charge is -2.19. The molecule has 1 N–H and O–H groups in total. The van der Waals surface area contributed by atoms with Gasteiger partial charge in [-0.3, -0.25) is 9.78 Å². The Hall–Kier alpha value is -2.42. The van der Waals surface area contributed by atoms with Crippen LogP contribution in [0.25, 0.3) is 0 Å². The van der Waals surface area contributed by atoms with Crippen LogP contribution in [-0.4, -0.2) is 10.9 Å². The number of carbonyl (C=O) groups excluding carboxylic acids is 1. The number of nitrogens with zero attached hydrogens (tertiary/aromatic N) is 1. The largest absolute Gasteiger partial charge is 0.342 e. The summed E-state index contributed by atoms with van der Waals surface area (Å²) in [6.45, 7) is 2.04. The second-order valence-corrected chi connectivity index (χ2v) is 5.80. The number of pyridine rings is 1. The summed E-state index contributed by atoms with van der Waals surface area (Å²) >= 11 is 0. The lowest BCUT2D eigenvalue weighted by molar-refractivity contribution is -0.117. The van der Waals surface area contributed by atoms with E-state index in [9.17, 15) is 4.79 Å². The van der Waals surface area contributed by atoms with Gasteiger partial charge < -0.3 is 5.32 Å². The van der Waals surface area contributed by atoms with E-state index >= 15 is 0 Å². The van der Waals surface area contributed by atoms with E-state index in [0.29, 0.717) is 5.92 Å². The third kappa shape index (κ3) is 3.61. The van der Waals surface area contributed by atoms with Gasteiger partial charge in [0.2, 0.25) is 5.91 Å². The second-order valence-electron chi connectivity index (χ2n) is 5.80. The minimum absolute atomic E-state index is 0.0323. The van der Waals surface area contributed by atoms with Gasteiger partial charge in [-0.25, -0.2) is 0 Å². The molecule has 0 unspecified atom stereocenters. The first-order chi connectivity index (χ1) is 10.7. The first kappa shape index (κ1) is 14.5. The molecule has 3 rings (SSSR count). The van der Waals surface area contributed by atoms with E-state index < -0.39 is 0 Å². The quantitative estimate of drug-likeness (QED) is 0.855. The highest BCUT2D eigenvalue weighted by Gasteiger charge is 2.24. The smallest absolute Gasteiger partial charge is 0.244 e. The third-order valence-electron chi connectivity index (χ3n) is 4.04. The number of aromatic nitrogens is 1. The second kappa shape index (κ2) is 6.56. The number of hydrogen-bond donors (Lipinski definition) is 1. The lowest BCUT2D eigenvalue weighted by atomic mass is 9.99. The van der Waals surface area contributed by atoms with Crippen LogP contribution in [0.2, 0.25) is 0 Å². The number of amides is 1. The van der Waals surface area contributed by atoms with E-state index in [2.05, 4.69) is 10.3 Å². The molecule has 1 amide bonds. The molecule has 1 saturated carbocycles. The summed E-state index contributed by atoms with van der Waals surface area (Å²) < 4.78 is 0. The van der Waals surface area contributed by atoms with Crippen molar-refractivity contribution in [1.82, 2.24) is 10.3 Å². The zero-order valence-electron chi connectivity index (χ0n) is 12.7. The van der Waals surface area contributed by atoms with Crippen molar-refractivity contribution >= 4 is 5.91 Å². The van der Waals surface area contributed by atoms with Crippen LogP contribution in [-0.2, 0) is 4.79 Å². The van der Waals surface area contributed by atoms with Gasteiger partial charge in [0.25, 0.3) is 0 Å². The van der Waals surface area contributed by atoms with Gasteiger partial charge in [0.05, 0.1) is 6.04 Å². The fourth-order valence-electron chi connectivity index (χ4n) is 2.61.